The molecule has 2 N–H and O–H groups in total. The smallest absolute Gasteiger partial charge is 0.411 e. The van der Waals surface area contributed by atoms with Gasteiger partial charge in [-0.3, -0.25) is 4.79 Å². The first-order valence-electron chi connectivity index (χ1n) is 14.7. The second-order valence-corrected chi connectivity index (χ2v) is 11.5. The molecular weight excluding hydrogens is 580 g/mol. The highest BCUT2D eigenvalue weighted by atomic mass is 19.4. The molecule has 0 spiro atoms. The van der Waals surface area contributed by atoms with E-state index in [-0.39, 0.29) is 41.3 Å². The van der Waals surface area contributed by atoms with Crippen LogP contribution in [0.3, 0.4) is 0 Å². The SMILES string of the molecule is C/C=C(\N=C(C)c1cccc(F)c1OCc1ccc(C2CCN(C(=O)C3CC3)CC2)cc1)N1N=CC(C(O)O)C1C(F)(F)F. The highest BCUT2D eigenvalue weighted by Gasteiger charge is 2.53. The number of hydrogen-bond acceptors (Lipinski definition) is 7. The summed E-state index contributed by atoms with van der Waals surface area (Å²) in [5.74, 6) is -1.77. The Morgan fingerprint density at radius 1 is 1.11 bits per heavy atom. The minimum Gasteiger partial charge on any atom is -0.485 e. The number of ether oxygens (including phenoxy) is 1. The number of aliphatic hydroxyl groups is 2. The van der Waals surface area contributed by atoms with Crippen LogP contribution in [0.2, 0.25) is 0 Å². The molecule has 1 saturated carbocycles. The van der Waals surface area contributed by atoms with Crippen LogP contribution < -0.4 is 4.74 Å². The molecule has 0 bridgehead atoms. The Morgan fingerprint density at radius 3 is 2.39 bits per heavy atom. The predicted molar refractivity (Wildman–Crippen MR) is 156 cm³/mol. The normalized spacial score (nSPS) is 21.8. The summed E-state index contributed by atoms with van der Waals surface area (Å²) in [4.78, 5) is 18.6. The lowest BCUT2D eigenvalue weighted by Crippen LogP contribution is -2.47. The van der Waals surface area contributed by atoms with Crippen molar-refractivity contribution < 1.29 is 37.3 Å². The largest absolute Gasteiger partial charge is 0.485 e. The van der Waals surface area contributed by atoms with Crippen molar-refractivity contribution in [2.45, 2.75) is 70.6 Å². The topological polar surface area (TPSA) is 98.0 Å². The Kier molecular flexibility index (Phi) is 9.40. The molecule has 0 aromatic heterocycles. The molecule has 12 heteroatoms. The third-order valence-electron chi connectivity index (χ3n) is 8.37. The molecular formula is C32H36F4N4O4. The number of aliphatic imine (C=N–C) groups is 1. The van der Waals surface area contributed by atoms with Crippen molar-refractivity contribution in [3.8, 4) is 5.75 Å². The molecule has 2 aliphatic heterocycles. The lowest BCUT2D eigenvalue weighted by molar-refractivity contribution is -0.203. The highest BCUT2D eigenvalue weighted by Crippen LogP contribution is 2.38. The number of carbonyl (C=O) groups excluding carboxylic acids is 1. The minimum absolute atomic E-state index is 0.0505. The molecule has 2 aromatic carbocycles. The number of piperidine rings is 1. The Bertz CT molecular complexity index is 1430. The summed E-state index contributed by atoms with van der Waals surface area (Å²) < 4.78 is 62.4. The molecule has 0 radical (unpaired) electrons. The van der Waals surface area contributed by atoms with Gasteiger partial charge in [-0.1, -0.05) is 30.3 Å². The average molecular weight is 617 g/mol. The summed E-state index contributed by atoms with van der Waals surface area (Å²) in [7, 11) is 0. The van der Waals surface area contributed by atoms with Gasteiger partial charge < -0.3 is 19.8 Å². The molecule has 5 rings (SSSR count). The van der Waals surface area contributed by atoms with Crippen LogP contribution in [0.25, 0.3) is 0 Å². The van der Waals surface area contributed by atoms with Crippen LogP contribution in [0.15, 0.2) is 64.5 Å². The van der Waals surface area contributed by atoms with Gasteiger partial charge in [0.15, 0.2) is 23.9 Å². The van der Waals surface area contributed by atoms with E-state index in [9.17, 15) is 32.6 Å². The summed E-state index contributed by atoms with van der Waals surface area (Å²) in [5, 5.41) is 23.3. The third-order valence-corrected chi connectivity index (χ3v) is 8.37. The minimum atomic E-state index is -4.84. The van der Waals surface area contributed by atoms with Crippen LogP contribution in [-0.4, -0.2) is 69.6 Å². The fourth-order valence-electron chi connectivity index (χ4n) is 5.75. The summed E-state index contributed by atoms with van der Waals surface area (Å²) in [5.41, 5.74) is 2.41. The van der Waals surface area contributed by atoms with Crippen LogP contribution in [0.4, 0.5) is 17.6 Å². The number of alkyl halides is 3. The van der Waals surface area contributed by atoms with Gasteiger partial charge in [0.2, 0.25) is 5.91 Å². The van der Waals surface area contributed by atoms with E-state index in [1.165, 1.54) is 37.6 Å². The average Bonchev–Trinajstić information content (AvgIpc) is 3.75. The number of allylic oxidation sites excluding steroid dienone is 1. The molecule has 1 amide bonds. The second-order valence-electron chi connectivity index (χ2n) is 11.5. The van der Waals surface area contributed by atoms with Crippen molar-refractivity contribution in [3.05, 3.63) is 76.9 Å². The van der Waals surface area contributed by atoms with Crippen molar-refractivity contribution >= 4 is 17.8 Å². The van der Waals surface area contributed by atoms with Crippen LogP contribution in [0.5, 0.6) is 5.75 Å². The van der Waals surface area contributed by atoms with Crippen LogP contribution in [-0.2, 0) is 11.4 Å². The first-order valence-corrected chi connectivity index (χ1v) is 14.7. The van der Waals surface area contributed by atoms with Crippen molar-refractivity contribution in [1.29, 1.82) is 0 Å². The molecule has 236 valence electrons. The van der Waals surface area contributed by atoms with Gasteiger partial charge in [0.25, 0.3) is 0 Å². The van der Waals surface area contributed by atoms with Crippen LogP contribution in [0.1, 0.15) is 62.1 Å². The molecule has 44 heavy (non-hydrogen) atoms. The number of para-hydroxylation sites is 1. The van der Waals surface area contributed by atoms with Gasteiger partial charge in [-0.2, -0.15) is 18.3 Å². The number of hydrazone groups is 1. The van der Waals surface area contributed by atoms with Gasteiger partial charge in [0.1, 0.15) is 12.4 Å². The maximum Gasteiger partial charge on any atom is 0.411 e. The van der Waals surface area contributed by atoms with E-state index in [1.54, 1.807) is 6.07 Å². The van der Waals surface area contributed by atoms with Gasteiger partial charge in [-0.15, -0.1) is 0 Å². The lowest BCUT2D eigenvalue weighted by Gasteiger charge is -2.32. The maximum absolute atomic E-state index is 15.0. The Hall–Kier alpha value is -3.77. The van der Waals surface area contributed by atoms with Crippen molar-refractivity contribution in [2.75, 3.05) is 13.1 Å². The number of halogens is 4. The molecule has 1 saturated heterocycles. The van der Waals surface area contributed by atoms with Crippen molar-refractivity contribution in [3.63, 3.8) is 0 Å². The summed E-state index contributed by atoms with van der Waals surface area (Å²) >= 11 is 0. The zero-order valence-corrected chi connectivity index (χ0v) is 24.5. The van der Waals surface area contributed by atoms with Crippen LogP contribution in [0, 0.1) is 17.7 Å². The molecule has 2 fully saturated rings. The highest BCUT2D eigenvalue weighted by molar-refractivity contribution is 6.01. The van der Waals surface area contributed by atoms with Crippen molar-refractivity contribution in [1.82, 2.24) is 9.91 Å². The molecule has 2 heterocycles. The van der Waals surface area contributed by atoms with Gasteiger partial charge in [0, 0.05) is 30.8 Å². The summed E-state index contributed by atoms with van der Waals surface area (Å²) in [6, 6.07) is 9.80. The standard InChI is InChI=1S/C32H36F4N4O4/c1-3-27(40-29(32(34,35)36)25(17-37-40)31(42)43)38-19(2)24-5-4-6-26(33)28(24)44-18-20-7-9-21(10-8-20)22-13-15-39(16-14-22)30(41)23-11-12-23/h3-10,17,22-23,25,29,31,42-43H,11-16,18H2,1-2H3/b27-3+,38-19?. The second kappa shape index (κ2) is 13.1. The van der Waals surface area contributed by atoms with E-state index < -0.39 is 30.2 Å². The molecule has 2 aromatic rings. The number of likely N-dealkylation sites (tertiary alicyclic amines) is 1. The zero-order chi connectivity index (χ0) is 31.6. The monoisotopic (exact) mass is 616 g/mol. The van der Waals surface area contributed by atoms with Crippen molar-refractivity contribution in [2.24, 2.45) is 21.9 Å². The number of rotatable bonds is 9. The van der Waals surface area contributed by atoms with Gasteiger partial charge in [-0.25, -0.2) is 14.4 Å². The number of hydrogen-bond donors (Lipinski definition) is 2. The number of benzene rings is 2. The van der Waals surface area contributed by atoms with E-state index in [4.69, 9.17) is 4.74 Å². The number of aliphatic hydroxyl groups excluding tert-OH is 1. The molecule has 2 atom stereocenters. The quantitative estimate of drug-likeness (QED) is 0.225. The van der Waals surface area contributed by atoms with E-state index in [2.05, 4.69) is 10.1 Å². The lowest BCUT2D eigenvalue weighted by atomic mass is 9.89. The Balaban J connectivity index is 1.26. The van der Waals surface area contributed by atoms with E-state index in [0.717, 1.165) is 50.6 Å². The van der Waals surface area contributed by atoms with Gasteiger partial charge in [0.05, 0.1) is 11.6 Å². The first kappa shape index (κ1) is 31.6. The molecule has 8 nitrogen and oxygen atoms in total. The van der Waals surface area contributed by atoms with E-state index in [0.29, 0.717) is 10.9 Å². The van der Waals surface area contributed by atoms with E-state index >= 15 is 0 Å². The third kappa shape index (κ3) is 6.96. The van der Waals surface area contributed by atoms with Crippen LogP contribution >= 0.6 is 0 Å². The number of nitrogens with zero attached hydrogens (tertiary/aromatic N) is 4. The number of amides is 1. The fourth-order valence-corrected chi connectivity index (χ4v) is 5.75. The molecule has 1 aliphatic carbocycles. The van der Waals surface area contributed by atoms with Gasteiger partial charge in [-0.05, 0) is 74.8 Å². The summed E-state index contributed by atoms with van der Waals surface area (Å²) in [6.07, 6.45) is -1.13. The predicted octanol–water partition coefficient (Wildman–Crippen LogP) is 5.35. The Morgan fingerprint density at radius 2 is 1.80 bits per heavy atom. The fraction of sp³-hybridized carbons (Fsp3) is 0.469. The maximum atomic E-state index is 15.0. The first-order chi connectivity index (χ1) is 21.0. The molecule has 3 aliphatic rings. The number of carbonyl (C=O) groups is 1. The summed E-state index contributed by atoms with van der Waals surface area (Å²) in [6.45, 7) is 4.57. The van der Waals surface area contributed by atoms with Gasteiger partial charge >= 0.3 is 6.18 Å². The van der Waals surface area contributed by atoms with E-state index in [1.807, 2.05) is 29.2 Å². The molecule has 2 unspecified atom stereocenters. The zero-order valence-electron chi connectivity index (χ0n) is 24.5. The Labute approximate surface area is 253 Å².